The highest BCUT2D eigenvalue weighted by Crippen LogP contribution is 2.23. The van der Waals surface area contributed by atoms with Crippen LogP contribution in [0.5, 0.6) is 0 Å². The molecular formula is C15H21NO6S. The zero-order chi connectivity index (χ0) is 17.1. The van der Waals surface area contributed by atoms with Crippen LogP contribution >= 0.6 is 0 Å². The zero-order valence-electron chi connectivity index (χ0n) is 13.4. The van der Waals surface area contributed by atoms with Crippen molar-refractivity contribution in [1.82, 2.24) is 4.31 Å². The van der Waals surface area contributed by atoms with E-state index in [0.717, 1.165) is 5.56 Å². The minimum absolute atomic E-state index is 0.0351. The molecule has 1 aliphatic heterocycles. The number of ether oxygens (including phenoxy) is 2. The van der Waals surface area contributed by atoms with Crippen molar-refractivity contribution >= 4 is 16.4 Å². The van der Waals surface area contributed by atoms with E-state index in [0.29, 0.717) is 10.9 Å². The first-order valence-electron chi connectivity index (χ1n) is 7.22. The van der Waals surface area contributed by atoms with Crippen molar-refractivity contribution in [3.8, 4) is 0 Å². The first-order chi connectivity index (χ1) is 10.7. The molecule has 2 rings (SSSR count). The van der Waals surface area contributed by atoms with Crippen molar-refractivity contribution < 1.29 is 26.9 Å². The molecule has 1 aromatic carbocycles. The third kappa shape index (κ3) is 4.92. The third-order valence-corrected chi connectivity index (χ3v) is 4.34. The highest BCUT2D eigenvalue weighted by atomic mass is 32.2. The number of amides is 1. The van der Waals surface area contributed by atoms with Gasteiger partial charge in [-0.2, -0.15) is 12.7 Å². The second-order valence-corrected chi connectivity index (χ2v) is 7.66. The highest BCUT2D eigenvalue weighted by Gasteiger charge is 2.44. The molecule has 0 spiro atoms. The van der Waals surface area contributed by atoms with Crippen LogP contribution in [0.25, 0.3) is 0 Å². The summed E-state index contributed by atoms with van der Waals surface area (Å²) in [5.41, 5.74) is 0.156. The molecule has 128 valence electrons. The van der Waals surface area contributed by atoms with Gasteiger partial charge in [0.15, 0.2) is 0 Å². The molecule has 1 aromatic rings. The van der Waals surface area contributed by atoms with Gasteiger partial charge in [-0.05, 0) is 26.3 Å². The lowest BCUT2D eigenvalue weighted by atomic mass is 10.2. The van der Waals surface area contributed by atoms with Crippen molar-refractivity contribution in [2.24, 2.45) is 0 Å². The van der Waals surface area contributed by atoms with Crippen molar-refractivity contribution in [3.05, 3.63) is 35.9 Å². The van der Waals surface area contributed by atoms with Crippen LogP contribution in [0, 0.1) is 0 Å². The van der Waals surface area contributed by atoms with Gasteiger partial charge in [0.2, 0.25) is 0 Å². The molecule has 1 saturated heterocycles. The fourth-order valence-corrected chi connectivity index (χ4v) is 3.17. The Kier molecular flexibility index (Phi) is 5.28. The van der Waals surface area contributed by atoms with Gasteiger partial charge in [-0.15, -0.1) is 0 Å². The molecule has 1 amide bonds. The van der Waals surface area contributed by atoms with Crippen LogP contribution in [0.15, 0.2) is 30.3 Å². The number of benzene rings is 1. The van der Waals surface area contributed by atoms with Crippen LogP contribution in [0.1, 0.15) is 26.3 Å². The summed E-state index contributed by atoms with van der Waals surface area (Å²) < 4.78 is 39.7. The molecule has 23 heavy (non-hydrogen) atoms. The van der Waals surface area contributed by atoms with E-state index in [1.54, 1.807) is 20.8 Å². The van der Waals surface area contributed by atoms with Gasteiger partial charge in [-0.25, -0.2) is 4.79 Å². The van der Waals surface area contributed by atoms with Crippen LogP contribution in [-0.2, 0) is 30.6 Å². The summed E-state index contributed by atoms with van der Waals surface area (Å²) in [7, 11) is -4.12. The average Bonchev–Trinajstić information content (AvgIpc) is 2.73. The lowest BCUT2D eigenvalue weighted by Gasteiger charge is -2.25. The minimum atomic E-state index is -4.12. The monoisotopic (exact) mass is 343 g/mol. The lowest BCUT2D eigenvalue weighted by molar-refractivity contribution is 0.0237. The third-order valence-electron chi connectivity index (χ3n) is 2.98. The van der Waals surface area contributed by atoms with Crippen LogP contribution in [0.3, 0.4) is 0 Å². The molecule has 1 unspecified atom stereocenters. The lowest BCUT2D eigenvalue weighted by Crippen LogP contribution is -2.44. The molecule has 0 radical (unpaired) electrons. The average molecular weight is 343 g/mol. The van der Waals surface area contributed by atoms with E-state index in [9.17, 15) is 13.2 Å². The van der Waals surface area contributed by atoms with Gasteiger partial charge >= 0.3 is 16.4 Å². The molecule has 1 aliphatic rings. The molecule has 8 heteroatoms. The Morgan fingerprint density at radius 1 is 1.30 bits per heavy atom. The Morgan fingerprint density at radius 3 is 2.57 bits per heavy atom. The predicted molar refractivity (Wildman–Crippen MR) is 82.8 cm³/mol. The number of rotatable bonds is 4. The van der Waals surface area contributed by atoms with Crippen molar-refractivity contribution in [3.63, 3.8) is 0 Å². The summed E-state index contributed by atoms with van der Waals surface area (Å²) in [5.74, 6) is 0. The fourth-order valence-electron chi connectivity index (χ4n) is 2.02. The quantitative estimate of drug-likeness (QED) is 0.832. The van der Waals surface area contributed by atoms with Crippen LogP contribution < -0.4 is 0 Å². The predicted octanol–water partition coefficient (Wildman–Crippen LogP) is 2.08. The van der Waals surface area contributed by atoms with E-state index in [2.05, 4.69) is 0 Å². The summed E-state index contributed by atoms with van der Waals surface area (Å²) in [5, 5.41) is 0. The molecule has 1 atom stereocenters. The maximum absolute atomic E-state index is 12.1. The fraction of sp³-hybridized carbons (Fsp3) is 0.533. The summed E-state index contributed by atoms with van der Waals surface area (Å²) in [6.07, 6.45) is -0.955. The molecular weight excluding hydrogens is 322 g/mol. The molecule has 7 nitrogen and oxygen atoms in total. The van der Waals surface area contributed by atoms with E-state index in [1.165, 1.54) is 0 Å². The van der Waals surface area contributed by atoms with Gasteiger partial charge in [0.25, 0.3) is 0 Å². The Hall–Kier alpha value is -1.64. The topological polar surface area (TPSA) is 82.1 Å². The van der Waals surface area contributed by atoms with E-state index in [1.807, 2.05) is 30.3 Å². The van der Waals surface area contributed by atoms with Gasteiger partial charge in [0, 0.05) is 0 Å². The van der Waals surface area contributed by atoms with Crippen LogP contribution in [0.4, 0.5) is 4.79 Å². The van der Waals surface area contributed by atoms with Crippen molar-refractivity contribution in [2.75, 3.05) is 13.2 Å². The summed E-state index contributed by atoms with van der Waals surface area (Å²) in [4.78, 5) is 12.1. The highest BCUT2D eigenvalue weighted by molar-refractivity contribution is 7.85. The summed E-state index contributed by atoms with van der Waals surface area (Å²) in [6, 6.07) is 8.72. The number of hydrogen-bond acceptors (Lipinski definition) is 6. The summed E-state index contributed by atoms with van der Waals surface area (Å²) >= 11 is 0. The molecule has 0 bridgehead atoms. The largest absolute Gasteiger partial charge is 0.443 e. The Balaban J connectivity index is 1.98. The number of carbonyl (C=O) groups is 1. The maximum atomic E-state index is 12.1. The smallest absolute Gasteiger partial charge is 0.426 e. The van der Waals surface area contributed by atoms with Gasteiger partial charge in [-0.3, -0.25) is 4.18 Å². The van der Waals surface area contributed by atoms with E-state index >= 15 is 0 Å². The van der Waals surface area contributed by atoms with Crippen molar-refractivity contribution in [2.45, 2.75) is 39.0 Å². The van der Waals surface area contributed by atoms with E-state index in [4.69, 9.17) is 13.7 Å². The second kappa shape index (κ2) is 6.86. The Bertz CT molecular complexity index is 638. The number of nitrogens with zero attached hydrogens (tertiary/aromatic N) is 1. The van der Waals surface area contributed by atoms with E-state index < -0.39 is 28.0 Å². The second-order valence-electron chi connectivity index (χ2n) is 6.17. The Morgan fingerprint density at radius 2 is 1.96 bits per heavy atom. The van der Waals surface area contributed by atoms with Gasteiger partial charge in [0.1, 0.15) is 11.6 Å². The molecule has 0 saturated carbocycles. The first kappa shape index (κ1) is 17.7. The van der Waals surface area contributed by atoms with Crippen LogP contribution in [0.2, 0.25) is 0 Å². The van der Waals surface area contributed by atoms with Crippen LogP contribution in [-0.4, -0.2) is 43.7 Å². The molecule has 1 fully saturated rings. The zero-order valence-corrected chi connectivity index (χ0v) is 14.2. The number of hydrogen-bond donors (Lipinski definition) is 0. The standard InChI is InChI=1S/C15H21NO6S/c1-15(2,3)22-14(17)16-13(11-21-23(16,18)19)10-20-9-12-7-5-4-6-8-12/h4-8,13H,9-11H2,1-3H3. The minimum Gasteiger partial charge on any atom is -0.443 e. The van der Waals surface area contributed by atoms with Gasteiger partial charge < -0.3 is 9.47 Å². The Labute approximate surface area is 136 Å². The maximum Gasteiger partial charge on any atom is 0.426 e. The van der Waals surface area contributed by atoms with Gasteiger partial charge in [-0.1, -0.05) is 30.3 Å². The molecule has 0 aromatic heterocycles. The van der Waals surface area contributed by atoms with Crippen molar-refractivity contribution in [1.29, 1.82) is 0 Å². The van der Waals surface area contributed by atoms with Gasteiger partial charge in [0.05, 0.1) is 19.8 Å². The normalized spacial score (nSPS) is 20.5. The summed E-state index contributed by atoms with van der Waals surface area (Å²) in [6.45, 7) is 5.20. The molecule has 0 aliphatic carbocycles. The first-order valence-corrected chi connectivity index (χ1v) is 8.59. The van der Waals surface area contributed by atoms with E-state index in [-0.39, 0.29) is 13.2 Å². The molecule has 0 N–H and O–H groups in total. The number of carbonyl (C=O) groups excluding carboxylic acids is 1. The SMILES string of the molecule is CC(C)(C)OC(=O)N1C(COCc2ccccc2)COS1(=O)=O. The molecule has 1 heterocycles.